The van der Waals surface area contributed by atoms with Crippen molar-refractivity contribution in [1.29, 1.82) is 0 Å². The van der Waals surface area contributed by atoms with Crippen LogP contribution in [0.15, 0.2) is 72.8 Å². The Hall–Kier alpha value is -3.60. The summed E-state index contributed by atoms with van der Waals surface area (Å²) >= 11 is 0. The van der Waals surface area contributed by atoms with Crippen molar-refractivity contribution in [3.63, 3.8) is 0 Å². The summed E-state index contributed by atoms with van der Waals surface area (Å²) in [5, 5.41) is 0. The van der Waals surface area contributed by atoms with E-state index in [1.54, 1.807) is 12.1 Å². The summed E-state index contributed by atoms with van der Waals surface area (Å²) in [6.07, 6.45) is 0. The summed E-state index contributed by atoms with van der Waals surface area (Å²) in [6, 6.07) is 22.2. The van der Waals surface area contributed by atoms with E-state index in [0.29, 0.717) is 17.2 Å². The summed E-state index contributed by atoms with van der Waals surface area (Å²) in [5.41, 5.74) is 2.57. The quantitative estimate of drug-likeness (QED) is 0.634. The normalized spacial score (nSPS) is 13.0. The third-order valence-corrected chi connectivity index (χ3v) is 4.90. The Bertz CT molecular complexity index is 992. The number of ether oxygens (including phenoxy) is 2. The monoisotopic (exact) mass is 373 g/mol. The van der Waals surface area contributed by atoms with E-state index in [1.165, 1.54) is 19.1 Å². The molecule has 28 heavy (non-hydrogen) atoms. The third-order valence-electron chi connectivity index (χ3n) is 4.90. The Kier molecular flexibility index (Phi) is 4.57. The fourth-order valence-electron chi connectivity index (χ4n) is 3.62. The zero-order valence-corrected chi connectivity index (χ0v) is 15.6. The number of fused-ring (bicyclic) bond motifs is 1. The number of benzene rings is 3. The van der Waals surface area contributed by atoms with Crippen molar-refractivity contribution >= 4 is 17.4 Å². The van der Waals surface area contributed by atoms with Gasteiger partial charge in [-0.2, -0.15) is 0 Å². The number of hydrogen-bond acceptors (Lipinski definition) is 4. The highest BCUT2D eigenvalue weighted by molar-refractivity contribution is 6.53. The number of rotatable bonds is 5. The van der Waals surface area contributed by atoms with Crippen LogP contribution in [0.5, 0.6) is 11.5 Å². The number of methoxy groups -OCH3 is 2. The zero-order valence-electron chi connectivity index (χ0n) is 15.6. The van der Waals surface area contributed by atoms with E-state index < -0.39 is 17.7 Å². The smallest absolute Gasteiger partial charge is 0.300 e. The highest BCUT2D eigenvalue weighted by Crippen LogP contribution is 2.44. The predicted octanol–water partition coefficient (Wildman–Crippen LogP) is 4.02. The highest BCUT2D eigenvalue weighted by Gasteiger charge is 2.43. The van der Waals surface area contributed by atoms with Crippen molar-refractivity contribution < 1.29 is 19.1 Å². The van der Waals surface area contributed by atoms with Crippen molar-refractivity contribution in [2.45, 2.75) is 6.04 Å². The van der Waals surface area contributed by atoms with E-state index in [0.717, 1.165) is 11.1 Å². The Morgan fingerprint density at radius 3 is 1.86 bits per heavy atom. The molecule has 3 aromatic rings. The number of carbonyl (C=O) groups excluding carboxylic acids is 2. The molecule has 0 saturated heterocycles. The lowest BCUT2D eigenvalue weighted by Gasteiger charge is -2.29. The zero-order chi connectivity index (χ0) is 19.7. The molecular formula is C23H19NO4. The maximum Gasteiger partial charge on any atom is 0.300 e. The summed E-state index contributed by atoms with van der Waals surface area (Å²) in [6.45, 7) is 0. The first kappa shape index (κ1) is 17.8. The van der Waals surface area contributed by atoms with Crippen LogP contribution in [0.25, 0.3) is 0 Å². The molecule has 0 atom stereocenters. The largest absolute Gasteiger partial charge is 0.497 e. The van der Waals surface area contributed by atoms with Gasteiger partial charge in [0.2, 0.25) is 0 Å². The first-order valence-electron chi connectivity index (χ1n) is 8.89. The molecule has 5 nitrogen and oxygen atoms in total. The molecule has 5 heteroatoms. The molecule has 0 fully saturated rings. The lowest BCUT2D eigenvalue weighted by atomic mass is 9.97. The molecule has 4 rings (SSSR count). The Balaban J connectivity index is 1.96. The van der Waals surface area contributed by atoms with E-state index >= 15 is 0 Å². The van der Waals surface area contributed by atoms with Gasteiger partial charge in [0, 0.05) is 12.1 Å². The summed E-state index contributed by atoms with van der Waals surface area (Å²) in [5.74, 6) is -0.316. The van der Waals surface area contributed by atoms with Gasteiger partial charge in [-0.05, 0) is 11.1 Å². The van der Waals surface area contributed by atoms with Gasteiger partial charge >= 0.3 is 0 Å². The van der Waals surface area contributed by atoms with E-state index in [2.05, 4.69) is 0 Å². The van der Waals surface area contributed by atoms with Gasteiger partial charge in [-0.15, -0.1) is 0 Å². The summed E-state index contributed by atoms with van der Waals surface area (Å²) in [4.78, 5) is 27.5. The van der Waals surface area contributed by atoms with Crippen LogP contribution in [0.3, 0.4) is 0 Å². The Labute approximate surface area is 163 Å². The van der Waals surface area contributed by atoms with Gasteiger partial charge in [-0.1, -0.05) is 60.7 Å². The van der Waals surface area contributed by atoms with E-state index in [4.69, 9.17) is 9.47 Å². The molecule has 1 heterocycles. The van der Waals surface area contributed by atoms with Gasteiger partial charge in [-0.3, -0.25) is 14.5 Å². The summed E-state index contributed by atoms with van der Waals surface area (Å²) in [7, 11) is 3.01. The average Bonchev–Trinajstić information content (AvgIpc) is 3.00. The Morgan fingerprint density at radius 2 is 1.36 bits per heavy atom. The minimum absolute atomic E-state index is 0.269. The molecule has 0 saturated carbocycles. The van der Waals surface area contributed by atoms with Crippen LogP contribution in [0.4, 0.5) is 5.69 Å². The SMILES string of the molecule is COc1cc(OC)c2c(c1)N(C(c1ccccc1)c1ccccc1)C(=O)C2=O. The van der Waals surface area contributed by atoms with Gasteiger partial charge in [0.1, 0.15) is 11.5 Å². The van der Waals surface area contributed by atoms with E-state index in [9.17, 15) is 9.59 Å². The topological polar surface area (TPSA) is 55.8 Å². The minimum Gasteiger partial charge on any atom is -0.497 e. The van der Waals surface area contributed by atoms with Crippen LogP contribution >= 0.6 is 0 Å². The van der Waals surface area contributed by atoms with Crippen molar-refractivity contribution in [2.75, 3.05) is 19.1 Å². The van der Waals surface area contributed by atoms with Crippen molar-refractivity contribution in [2.24, 2.45) is 0 Å². The number of carbonyl (C=O) groups is 2. The Morgan fingerprint density at radius 1 is 0.786 bits per heavy atom. The molecule has 0 aromatic heterocycles. The van der Waals surface area contributed by atoms with Gasteiger partial charge in [0.05, 0.1) is 31.5 Å². The number of amides is 1. The maximum absolute atomic E-state index is 13.1. The second-order valence-electron chi connectivity index (χ2n) is 6.45. The second-order valence-corrected chi connectivity index (χ2v) is 6.45. The first-order valence-corrected chi connectivity index (χ1v) is 8.89. The van der Waals surface area contributed by atoms with Gasteiger partial charge < -0.3 is 9.47 Å². The average molecular weight is 373 g/mol. The van der Waals surface area contributed by atoms with Crippen molar-refractivity contribution in [1.82, 2.24) is 0 Å². The second kappa shape index (κ2) is 7.19. The molecule has 0 radical (unpaired) electrons. The molecule has 140 valence electrons. The minimum atomic E-state index is -0.584. The number of hydrogen-bond donors (Lipinski definition) is 0. The van der Waals surface area contributed by atoms with Crippen molar-refractivity contribution in [3.05, 3.63) is 89.5 Å². The molecule has 0 bridgehead atoms. The van der Waals surface area contributed by atoms with Crippen LogP contribution in [-0.2, 0) is 4.79 Å². The fourth-order valence-corrected chi connectivity index (χ4v) is 3.62. The number of ketones is 1. The molecule has 1 amide bonds. The molecule has 0 aliphatic carbocycles. The van der Waals surface area contributed by atoms with Gasteiger partial charge in [0.25, 0.3) is 11.7 Å². The van der Waals surface area contributed by atoms with Crippen molar-refractivity contribution in [3.8, 4) is 11.5 Å². The van der Waals surface area contributed by atoms with E-state index in [-0.39, 0.29) is 5.56 Å². The number of Topliss-reactive ketones (excluding diaryl/α,β-unsaturated/α-hetero) is 1. The van der Waals surface area contributed by atoms with E-state index in [1.807, 2.05) is 60.7 Å². The molecule has 0 unspecified atom stereocenters. The van der Waals surface area contributed by atoms with Gasteiger partial charge in [0.15, 0.2) is 0 Å². The van der Waals surface area contributed by atoms with Crippen LogP contribution < -0.4 is 14.4 Å². The van der Waals surface area contributed by atoms with Crippen LogP contribution in [0.1, 0.15) is 27.5 Å². The number of nitrogens with zero attached hydrogens (tertiary/aromatic N) is 1. The standard InChI is InChI=1S/C23H19NO4/c1-27-17-13-18-20(19(14-17)28-2)22(25)23(26)24(18)21(15-9-5-3-6-10-15)16-11-7-4-8-12-16/h3-14,21H,1-2H3. The van der Waals surface area contributed by atoms with Crippen LogP contribution in [-0.4, -0.2) is 25.9 Å². The predicted molar refractivity (Wildman–Crippen MR) is 106 cm³/mol. The molecule has 1 aliphatic rings. The third kappa shape index (κ3) is 2.81. The molecule has 3 aromatic carbocycles. The molecule has 0 spiro atoms. The lowest BCUT2D eigenvalue weighted by molar-refractivity contribution is -0.114. The molecule has 0 N–H and O–H groups in total. The van der Waals surface area contributed by atoms with Crippen LogP contribution in [0.2, 0.25) is 0 Å². The van der Waals surface area contributed by atoms with Crippen LogP contribution in [0, 0.1) is 0 Å². The fraction of sp³-hybridized carbons (Fsp3) is 0.130. The number of anilines is 1. The molecule has 1 aliphatic heterocycles. The summed E-state index contributed by atoms with van der Waals surface area (Å²) < 4.78 is 10.7. The maximum atomic E-state index is 13.1. The molecular weight excluding hydrogens is 354 g/mol. The highest BCUT2D eigenvalue weighted by atomic mass is 16.5. The van der Waals surface area contributed by atoms with Gasteiger partial charge in [-0.25, -0.2) is 0 Å². The first-order chi connectivity index (χ1) is 13.7. The lowest BCUT2D eigenvalue weighted by Crippen LogP contribution is -2.34.